The van der Waals surface area contributed by atoms with Crippen molar-refractivity contribution >= 4 is 34.5 Å². The summed E-state index contributed by atoms with van der Waals surface area (Å²) in [5.41, 5.74) is 0.804. The minimum atomic E-state index is -0.575. The lowest BCUT2D eigenvalue weighted by Gasteiger charge is -2.24. The van der Waals surface area contributed by atoms with Crippen molar-refractivity contribution in [3.05, 3.63) is 41.3 Å². The first-order valence-electron chi connectivity index (χ1n) is 13.0. The van der Waals surface area contributed by atoms with Gasteiger partial charge in [0.2, 0.25) is 0 Å². The van der Waals surface area contributed by atoms with Gasteiger partial charge in [0.25, 0.3) is 5.91 Å². The second-order valence-corrected chi connectivity index (χ2v) is 10.2. The molecule has 39 heavy (non-hydrogen) atoms. The summed E-state index contributed by atoms with van der Waals surface area (Å²) in [5.74, 6) is 0.747. The molecule has 2 aromatic heterocycles. The molecule has 10 nitrogen and oxygen atoms in total. The number of hydrogen-bond acceptors (Lipinski definition) is 7. The van der Waals surface area contributed by atoms with E-state index in [1.807, 2.05) is 27.7 Å². The number of benzene rings is 1. The van der Waals surface area contributed by atoms with Crippen LogP contribution in [0.5, 0.6) is 11.5 Å². The summed E-state index contributed by atoms with van der Waals surface area (Å²) in [7, 11) is 3.19. The first kappa shape index (κ1) is 31.7. The maximum absolute atomic E-state index is 12.8. The number of aromatic nitrogens is 3. The van der Waals surface area contributed by atoms with E-state index < -0.39 is 11.7 Å². The summed E-state index contributed by atoms with van der Waals surface area (Å²) in [6, 6.07) is 6.89. The zero-order valence-electron chi connectivity index (χ0n) is 24.1. The molecule has 2 amide bonds. The molecule has 11 heteroatoms. The molecule has 0 aliphatic carbocycles. The standard InChI is InChI=1S/C25H32ClN5O5.C3H8/c1-7-10-27-23(32)22-17-15-28-21(26)14-18(17)31(29-22)19-13-16(8-9-20(19)34-6)35-12-11-30(5)24(33)36-25(2,3)4;1-3-2/h8-9,13-15H,7,10-12H2,1-6H3,(H,27,32);3H2,1-2H3. The predicted octanol–water partition coefficient (Wildman–Crippen LogP) is 5.88. The number of amides is 2. The lowest BCUT2D eigenvalue weighted by atomic mass is 10.2. The number of likely N-dealkylation sites (N-methyl/N-ethyl adjacent to an activating group) is 1. The fraction of sp³-hybridized carbons (Fsp3) is 0.500. The second-order valence-electron chi connectivity index (χ2n) is 9.83. The van der Waals surface area contributed by atoms with Gasteiger partial charge in [-0.05, 0) is 39.3 Å². The van der Waals surface area contributed by atoms with E-state index >= 15 is 0 Å². The van der Waals surface area contributed by atoms with Gasteiger partial charge in [0.15, 0.2) is 5.69 Å². The molecule has 1 N–H and O–H groups in total. The summed E-state index contributed by atoms with van der Waals surface area (Å²) in [6.07, 6.45) is 3.15. The normalized spacial score (nSPS) is 10.9. The highest BCUT2D eigenvalue weighted by Crippen LogP contribution is 2.32. The number of halogens is 1. The van der Waals surface area contributed by atoms with Crippen molar-refractivity contribution < 1.29 is 23.8 Å². The minimum Gasteiger partial charge on any atom is -0.494 e. The zero-order valence-corrected chi connectivity index (χ0v) is 24.9. The molecule has 0 saturated carbocycles. The minimum absolute atomic E-state index is 0.231. The maximum atomic E-state index is 12.8. The zero-order chi connectivity index (χ0) is 29.2. The third-order valence-corrected chi connectivity index (χ3v) is 5.27. The van der Waals surface area contributed by atoms with Crippen LogP contribution in [0.25, 0.3) is 16.6 Å². The van der Waals surface area contributed by atoms with Gasteiger partial charge >= 0.3 is 6.09 Å². The quantitative estimate of drug-likeness (QED) is 0.325. The lowest BCUT2D eigenvalue weighted by Crippen LogP contribution is -2.36. The Morgan fingerprint density at radius 3 is 2.46 bits per heavy atom. The third kappa shape index (κ3) is 9.02. The summed E-state index contributed by atoms with van der Waals surface area (Å²) in [5, 5.41) is 8.24. The third-order valence-electron chi connectivity index (χ3n) is 5.06. The molecule has 3 aromatic rings. The molecule has 2 heterocycles. The van der Waals surface area contributed by atoms with Crippen LogP contribution in [0.1, 0.15) is 64.9 Å². The number of methoxy groups -OCH3 is 1. The van der Waals surface area contributed by atoms with Crippen molar-refractivity contribution in [1.29, 1.82) is 0 Å². The van der Waals surface area contributed by atoms with Gasteiger partial charge in [-0.3, -0.25) is 4.79 Å². The molecule has 1 aromatic carbocycles. The summed E-state index contributed by atoms with van der Waals surface area (Å²) in [6.45, 7) is 12.8. The van der Waals surface area contributed by atoms with Gasteiger partial charge in [-0.1, -0.05) is 38.8 Å². The fourth-order valence-corrected chi connectivity index (χ4v) is 3.47. The Hall–Kier alpha value is -3.53. The molecule has 0 bridgehead atoms. The summed E-state index contributed by atoms with van der Waals surface area (Å²) < 4.78 is 18.4. The van der Waals surface area contributed by atoms with Crippen LogP contribution in [0, 0.1) is 0 Å². The lowest BCUT2D eigenvalue weighted by molar-refractivity contribution is 0.0278. The predicted molar refractivity (Wildman–Crippen MR) is 153 cm³/mol. The number of carbonyl (C=O) groups excluding carboxylic acids is 2. The van der Waals surface area contributed by atoms with E-state index in [1.54, 1.807) is 43.1 Å². The van der Waals surface area contributed by atoms with Gasteiger partial charge in [-0.2, -0.15) is 5.10 Å². The number of carbonyl (C=O) groups is 2. The number of hydrogen-bond donors (Lipinski definition) is 1. The number of rotatable bonds is 9. The van der Waals surface area contributed by atoms with Crippen LogP contribution in [0.3, 0.4) is 0 Å². The smallest absolute Gasteiger partial charge is 0.410 e. The van der Waals surface area contributed by atoms with Crippen LogP contribution in [-0.4, -0.2) is 71.1 Å². The van der Waals surface area contributed by atoms with Gasteiger partial charge in [0.1, 0.15) is 34.5 Å². The Bertz CT molecular complexity index is 1260. The number of fused-ring (bicyclic) bond motifs is 1. The van der Waals surface area contributed by atoms with Crippen molar-refractivity contribution in [3.63, 3.8) is 0 Å². The van der Waals surface area contributed by atoms with Crippen LogP contribution in [-0.2, 0) is 4.74 Å². The molecule has 0 unspecified atom stereocenters. The monoisotopic (exact) mass is 561 g/mol. The van der Waals surface area contributed by atoms with Crippen molar-refractivity contribution in [2.75, 3.05) is 33.9 Å². The van der Waals surface area contributed by atoms with Crippen LogP contribution >= 0.6 is 11.6 Å². The van der Waals surface area contributed by atoms with Crippen molar-refractivity contribution in [2.45, 2.75) is 60.0 Å². The van der Waals surface area contributed by atoms with Crippen molar-refractivity contribution in [2.24, 2.45) is 0 Å². The molecular formula is C28H40ClN5O5. The second kappa shape index (κ2) is 14.6. The highest BCUT2D eigenvalue weighted by molar-refractivity contribution is 6.30. The summed E-state index contributed by atoms with van der Waals surface area (Å²) in [4.78, 5) is 30.5. The Morgan fingerprint density at radius 2 is 1.85 bits per heavy atom. The van der Waals surface area contributed by atoms with E-state index in [2.05, 4.69) is 29.2 Å². The molecule has 214 valence electrons. The fourth-order valence-electron chi connectivity index (χ4n) is 3.32. The molecule has 0 radical (unpaired) electrons. The van der Waals surface area contributed by atoms with Gasteiger partial charge < -0.3 is 24.4 Å². The van der Waals surface area contributed by atoms with Crippen LogP contribution in [0.2, 0.25) is 5.15 Å². The first-order valence-corrected chi connectivity index (χ1v) is 13.4. The number of pyridine rings is 1. The van der Waals surface area contributed by atoms with Gasteiger partial charge in [-0.15, -0.1) is 0 Å². The average molecular weight is 562 g/mol. The molecule has 0 atom stereocenters. The van der Waals surface area contributed by atoms with Gasteiger partial charge in [-0.25, -0.2) is 14.5 Å². The maximum Gasteiger partial charge on any atom is 0.410 e. The van der Waals surface area contributed by atoms with E-state index in [9.17, 15) is 9.59 Å². The molecule has 0 saturated heterocycles. The molecule has 0 aliphatic rings. The van der Waals surface area contributed by atoms with E-state index in [0.29, 0.717) is 41.2 Å². The van der Waals surface area contributed by atoms with Crippen LogP contribution < -0.4 is 14.8 Å². The van der Waals surface area contributed by atoms with E-state index in [-0.39, 0.29) is 23.4 Å². The Balaban J connectivity index is 0.00000170. The molecule has 0 aliphatic heterocycles. The Kier molecular flexibility index (Phi) is 11.8. The Labute approximate surface area is 235 Å². The largest absolute Gasteiger partial charge is 0.494 e. The van der Waals surface area contributed by atoms with E-state index in [0.717, 1.165) is 6.42 Å². The highest BCUT2D eigenvalue weighted by atomic mass is 35.5. The number of ether oxygens (including phenoxy) is 3. The SMILES string of the molecule is CCC.CCCNC(=O)c1nn(-c2cc(OCCN(C)C(=O)OC(C)(C)C)ccc2OC)c2cc(Cl)ncc12. The Morgan fingerprint density at radius 1 is 1.15 bits per heavy atom. The van der Waals surface area contributed by atoms with E-state index in [1.165, 1.54) is 17.5 Å². The van der Waals surface area contributed by atoms with Gasteiger partial charge in [0, 0.05) is 31.9 Å². The summed E-state index contributed by atoms with van der Waals surface area (Å²) >= 11 is 6.17. The number of nitrogens with one attached hydrogen (secondary N) is 1. The molecule has 3 rings (SSSR count). The first-order chi connectivity index (χ1) is 18.4. The number of nitrogens with zero attached hydrogens (tertiary/aromatic N) is 4. The van der Waals surface area contributed by atoms with Crippen molar-refractivity contribution in [1.82, 2.24) is 25.0 Å². The molecule has 0 fully saturated rings. The van der Waals surface area contributed by atoms with Crippen molar-refractivity contribution in [3.8, 4) is 17.2 Å². The molecular weight excluding hydrogens is 522 g/mol. The highest BCUT2D eigenvalue weighted by Gasteiger charge is 2.22. The average Bonchev–Trinajstić information content (AvgIpc) is 3.25. The van der Waals surface area contributed by atoms with Gasteiger partial charge in [0.05, 0.1) is 24.6 Å². The molecule has 0 spiro atoms. The van der Waals surface area contributed by atoms with Crippen LogP contribution in [0.4, 0.5) is 4.79 Å². The van der Waals surface area contributed by atoms with Crippen LogP contribution in [0.15, 0.2) is 30.5 Å². The topological polar surface area (TPSA) is 108 Å². The van der Waals surface area contributed by atoms with E-state index in [4.69, 9.17) is 25.8 Å².